The molecule has 6 heteroatoms. The Balaban J connectivity index is 2.06. The van der Waals surface area contributed by atoms with Gasteiger partial charge in [-0.1, -0.05) is 0 Å². The molecule has 1 aliphatic heterocycles. The number of β-amino-alcohol motifs (C(OH)–C–C–N with tert-alkyl or cyclic N) is 1. The van der Waals surface area contributed by atoms with E-state index >= 15 is 0 Å². The van der Waals surface area contributed by atoms with E-state index in [0.29, 0.717) is 19.5 Å². The Kier molecular flexibility index (Phi) is 1.97. The molecule has 0 saturated carbocycles. The molecule has 6 nitrogen and oxygen atoms in total. The third-order valence-corrected chi connectivity index (χ3v) is 2.07. The first-order chi connectivity index (χ1) is 6.27. The first-order valence-electron chi connectivity index (χ1n) is 4.10. The highest BCUT2D eigenvalue weighted by molar-refractivity contribution is 5.90. The maximum absolute atomic E-state index is 11.5. The van der Waals surface area contributed by atoms with Gasteiger partial charge in [0.1, 0.15) is 6.33 Å². The van der Waals surface area contributed by atoms with Crippen molar-refractivity contribution in [3.8, 4) is 0 Å². The smallest absolute Gasteiger partial charge is 0.291 e. The summed E-state index contributed by atoms with van der Waals surface area (Å²) >= 11 is 0. The first kappa shape index (κ1) is 8.18. The van der Waals surface area contributed by atoms with Crippen molar-refractivity contribution in [1.82, 2.24) is 20.1 Å². The van der Waals surface area contributed by atoms with Gasteiger partial charge in [0.05, 0.1) is 6.10 Å². The average Bonchev–Trinajstić information content (AvgIpc) is 2.72. The largest absolute Gasteiger partial charge is 0.391 e. The normalized spacial score (nSPS) is 22.2. The van der Waals surface area contributed by atoms with Crippen LogP contribution in [-0.4, -0.2) is 50.3 Å². The van der Waals surface area contributed by atoms with Crippen LogP contribution in [0.4, 0.5) is 0 Å². The Morgan fingerprint density at radius 3 is 3.15 bits per heavy atom. The second-order valence-electron chi connectivity index (χ2n) is 3.03. The van der Waals surface area contributed by atoms with E-state index in [0.717, 1.165) is 0 Å². The van der Waals surface area contributed by atoms with E-state index in [1.807, 2.05) is 0 Å². The number of carbonyl (C=O) groups is 1. The van der Waals surface area contributed by atoms with Crippen LogP contribution in [-0.2, 0) is 0 Å². The molecular weight excluding hydrogens is 172 g/mol. The molecule has 0 radical (unpaired) electrons. The molecule has 1 atom stereocenters. The molecule has 0 aliphatic carbocycles. The topological polar surface area (TPSA) is 82.1 Å². The molecular formula is C7H10N4O2. The number of nitrogens with zero attached hydrogens (tertiary/aromatic N) is 3. The van der Waals surface area contributed by atoms with Gasteiger partial charge in [0.25, 0.3) is 5.91 Å². The van der Waals surface area contributed by atoms with Gasteiger partial charge >= 0.3 is 0 Å². The van der Waals surface area contributed by atoms with Crippen LogP contribution in [0.1, 0.15) is 17.0 Å². The van der Waals surface area contributed by atoms with Gasteiger partial charge in [-0.05, 0) is 6.42 Å². The number of hydrogen-bond donors (Lipinski definition) is 2. The highest BCUT2D eigenvalue weighted by Crippen LogP contribution is 2.10. The van der Waals surface area contributed by atoms with Crippen LogP contribution in [0.2, 0.25) is 0 Å². The van der Waals surface area contributed by atoms with Crippen LogP contribution in [0.25, 0.3) is 0 Å². The number of aliphatic hydroxyl groups excluding tert-OH is 1. The average molecular weight is 182 g/mol. The van der Waals surface area contributed by atoms with Gasteiger partial charge in [0.2, 0.25) is 5.82 Å². The molecule has 0 spiro atoms. The molecule has 1 fully saturated rings. The predicted molar refractivity (Wildman–Crippen MR) is 42.9 cm³/mol. The van der Waals surface area contributed by atoms with Crippen LogP contribution in [0.3, 0.4) is 0 Å². The van der Waals surface area contributed by atoms with Crippen molar-refractivity contribution >= 4 is 5.91 Å². The summed E-state index contributed by atoms with van der Waals surface area (Å²) in [5.74, 6) is 0.0307. The molecule has 70 valence electrons. The summed E-state index contributed by atoms with van der Waals surface area (Å²) < 4.78 is 0. The monoisotopic (exact) mass is 182 g/mol. The molecule has 13 heavy (non-hydrogen) atoms. The number of likely N-dealkylation sites (tertiary alicyclic amines) is 1. The maximum atomic E-state index is 11.5. The Morgan fingerprint density at radius 2 is 2.62 bits per heavy atom. The summed E-state index contributed by atoms with van der Waals surface area (Å²) in [7, 11) is 0. The number of hydrogen-bond acceptors (Lipinski definition) is 4. The molecule has 0 aromatic carbocycles. The number of amides is 1. The van der Waals surface area contributed by atoms with Crippen LogP contribution in [0, 0.1) is 0 Å². The molecule has 1 aromatic heterocycles. The minimum atomic E-state index is -0.396. The minimum absolute atomic E-state index is 0.200. The molecule has 2 heterocycles. The zero-order valence-corrected chi connectivity index (χ0v) is 6.97. The second-order valence-corrected chi connectivity index (χ2v) is 3.03. The summed E-state index contributed by atoms with van der Waals surface area (Å²) in [6.07, 6.45) is 1.53. The van der Waals surface area contributed by atoms with Crippen molar-refractivity contribution in [3.63, 3.8) is 0 Å². The number of rotatable bonds is 1. The standard InChI is InChI=1S/C7H10N4O2/c12-5-1-2-11(3-5)7(13)6-8-4-9-10-6/h4-5,12H,1-3H2,(H,8,9,10)/t5-/m1/s1. The fraction of sp³-hybridized carbons (Fsp3) is 0.571. The zero-order valence-electron chi connectivity index (χ0n) is 6.97. The lowest BCUT2D eigenvalue weighted by atomic mass is 10.3. The van der Waals surface area contributed by atoms with Crippen molar-refractivity contribution < 1.29 is 9.90 Å². The van der Waals surface area contributed by atoms with Crippen molar-refractivity contribution in [2.45, 2.75) is 12.5 Å². The SMILES string of the molecule is O=C(c1ncn[nH]1)N1CC[C@@H](O)C1. The number of nitrogens with one attached hydrogen (secondary N) is 1. The van der Waals surface area contributed by atoms with Crippen molar-refractivity contribution in [1.29, 1.82) is 0 Å². The Morgan fingerprint density at radius 1 is 1.77 bits per heavy atom. The van der Waals surface area contributed by atoms with Gasteiger partial charge in [-0.15, -0.1) is 0 Å². The van der Waals surface area contributed by atoms with Gasteiger partial charge in [-0.2, -0.15) is 5.10 Å². The summed E-state index contributed by atoms with van der Waals surface area (Å²) in [5.41, 5.74) is 0. The van der Waals surface area contributed by atoms with Crippen LogP contribution in [0.5, 0.6) is 0 Å². The van der Waals surface area contributed by atoms with Gasteiger partial charge in [0, 0.05) is 13.1 Å². The molecule has 1 aliphatic rings. The summed E-state index contributed by atoms with van der Waals surface area (Å²) in [4.78, 5) is 16.8. The third-order valence-electron chi connectivity index (χ3n) is 2.07. The highest BCUT2D eigenvalue weighted by atomic mass is 16.3. The lowest BCUT2D eigenvalue weighted by Gasteiger charge is -2.12. The minimum Gasteiger partial charge on any atom is -0.391 e. The molecule has 1 saturated heterocycles. The number of aromatic nitrogens is 3. The number of aliphatic hydroxyl groups is 1. The van der Waals surface area contributed by atoms with E-state index in [4.69, 9.17) is 0 Å². The Hall–Kier alpha value is -1.43. The highest BCUT2D eigenvalue weighted by Gasteiger charge is 2.26. The van der Waals surface area contributed by atoms with E-state index in [1.165, 1.54) is 6.33 Å². The molecule has 2 N–H and O–H groups in total. The molecule has 0 unspecified atom stereocenters. The van der Waals surface area contributed by atoms with Crippen molar-refractivity contribution in [2.75, 3.05) is 13.1 Å². The van der Waals surface area contributed by atoms with E-state index in [9.17, 15) is 9.90 Å². The van der Waals surface area contributed by atoms with E-state index in [-0.39, 0.29) is 11.7 Å². The van der Waals surface area contributed by atoms with Crippen LogP contribution < -0.4 is 0 Å². The number of aromatic amines is 1. The van der Waals surface area contributed by atoms with Crippen LogP contribution >= 0.6 is 0 Å². The lowest BCUT2D eigenvalue weighted by molar-refractivity contribution is 0.0753. The fourth-order valence-corrected chi connectivity index (χ4v) is 1.38. The second kappa shape index (κ2) is 3.14. The third kappa shape index (κ3) is 1.52. The Labute approximate surface area is 74.6 Å². The van der Waals surface area contributed by atoms with Crippen molar-refractivity contribution in [2.24, 2.45) is 0 Å². The molecule has 1 amide bonds. The molecule has 1 aromatic rings. The molecule has 2 rings (SSSR count). The van der Waals surface area contributed by atoms with E-state index < -0.39 is 6.10 Å². The maximum Gasteiger partial charge on any atom is 0.291 e. The fourth-order valence-electron chi connectivity index (χ4n) is 1.38. The van der Waals surface area contributed by atoms with Crippen LogP contribution in [0.15, 0.2) is 6.33 Å². The zero-order chi connectivity index (χ0) is 9.26. The van der Waals surface area contributed by atoms with E-state index in [2.05, 4.69) is 15.2 Å². The number of H-pyrrole nitrogens is 1. The first-order valence-corrected chi connectivity index (χ1v) is 4.10. The predicted octanol–water partition coefficient (Wildman–Crippen LogP) is -0.989. The van der Waals surface area contributed by atoms with Gasteiger partial charge in [-0.25, -0.2) is 4.98 Å². The van der Waals surface area contributed by atoms with Gasteiger partial charge in [-0.3, -0.25) is 9.89 Å². The van der Waals surface area contributed by atoms with Gasteiger partial charge in [0.15, 0.2) is 0 Å². The van der Waals surface area contributed by atoms with Crippen molar-refractivity contribution in [3.05, 3.63) is 12.2 Å². The lowest BCUT2D eigenvalue weighted by Crippen LogP contribution is -2.30. The van der Waals surface area contributed by atoms with Gasteiger partial charge < -0.3 is 10.0 Å². The number of carbonyl (C=O) groups excluding carboxylic acids is 1. The Bertz CT molecular complexity index is 297. The molecule has 0 bridgehead atoms. The summed E-state index contributed by atoms with van der Waals surface area (Å²) in [6, 6.07) is 0. The van der Waals surface area contributed by atoms with E-state index in [1.54, 1.807) is 4.90 Å². The summed E-state index contributed by atoms with van der Waals surface area (Å²) in [6.45, 7) is 0.972. The summed E-state index contributed by atoms with van der Waals surface area (Å²) in [5, 5.41) is 15.3. The quantitative estimate of drug-likeness (QED) is 0.584.